The number of alkyl carbamates (subject to hydrolysis) is 1. The van der Waals surface area contributed by atoms with Gasteiger partial charge in [0.05, 0.1) is 6.10 Å². The average molecular weight is 201 g/mol. The largest absolute Gasteiger partial charge is 0.444 e. The molecule has 4 heteroatoms. The number of carbonyl (C=O) groups is 1. The highest BCUT2D eigenvalue weighted by Gasteiger charge is 2.37. The van der Waals surface area contributed by atoms with Crippen LogP contribution in [0.3, 0.4) is 0 Å². The lowest BCUT2D eigenvalue weighted by molar-refractivity contribution is -0.00824. The van der Waals surface area contributed by atoms with Crippen LogP contribution in [0.15, 0.2) is 0 Å². The second-order valence-corrected chi connectivity index (χ2v) is 4.91. The molecule has 1 aliphatic carbocycles. The molecule has 1 aliphatic rings. The Morgan fingerprint density at radius 3 is 2.43 bits per heavy atom. The summed E-state index contributed by atoms with van der Waals surface area (Å²) in [6.45, 7) is 7.39. The van der Waals surface area contributed by atoms with Gasteiger partial charge in [0.25, 0.3) is 0 Å². The molecule has 0 heterocycles. The van der Waals surface area contributed by atoms with Crippen molar-refractivity contribution >= 4 is 6.09 Å². The van der Waals surface area contributed by atoms with Crippen LogP contribution >= 0.6 is 0 Å². The summed E-state index contributed by atoms with van der Waals surface area (Å²) in [6, 6.07) is 0.0554. The van der Waals surface area contributed by atoms with Gasteiger partial charge in [-0.25, -0.2) is 4.79 Å². The minimum absolute atomic E-state index is 0.0554. The van der Waals surface area contributed by atoms with Gasteiger partial charge in [0.1, 0.15) is 5.60 Å². The van der Waals surface area contributed by atoms with Crippen LogP contribution in [-0.4, -0.2) is 28.9 Å². The van der Waals surface area contributed by atoms with E-state index in [2.05, 4.69) is 5.32 Å². The van der Waals surface area contributed by atoms with E-state index in [9.17, 15) is 9.90 Å². The van der Waals surface area contributed by atoms with Crippen molar-refractivity contribution in [2.24, 2.45) is 5.92 Å². The Bertz CT molecular complexity index is 222. The molecule has 2 N–H and O–H groups in total. The standard InChI is InChI=1S/C10H19NO3/c1-6-7(5-8(6)12)11-9(13)14-10(2,3)4/h6-8,12H,5H2,1-4H3,(H,11,13). The molecule has 3 unspecified atom stereocenters. The first-order chi connectivity index (χ1) is 6.29. The van der Waals surface area contributed by atoms with Gasteiger partial charge in [0.15, 0.2) is 0 Å². The molecule has 0 aromatic rings. The molecule has 0 bridgehead atoms. The predicted molar refractivity (Wildman–Crippen MR) is 52.9 cm³/mol. The Morgan fingerprint density at radius 2 is 2.07 bits per heavy atom. The van der Waals surface area contributed by atoms with Gasteiger partial charge in [0, 0.05) is 12.0 Å². The molecule has 0 saturated heterocycles. The summed E-state index contributed by atoms with van der Waals surface area (Å²) in [5.41, 5.74) is -0.463. The van der Waals surface area contributed by atoms with E-state index in [1.54, 1.807) is 0 Å². The molecule has 0 aromatic heterocycles. The Labute approximate surface area is 84.6 Å². The van der Waals surface area contributed by atoms with Crippen molar-refractivity contribution in [1.82, 2.24) is 5.32 Å². The van der Waals surface area contributed by atoms with Crippen LogP contribution in [-0.2, 0) is 4.74 Å². The van der Waals surface area contributed by atoms with Crippen molar-refractivity contribution in [3.05, 3.63) is 0 Å². The molecular formula is C10H19NO3. The lowest BCUT2D eigenvalue weighted by atomic mass is 9.78. The number of hydrogen-bond donors (Lipinski definition) is 2. The molecule has 1 rings (SSSR count). The summed E-state index contributed by atoms with van der Waals surface area (Å²) in [4.78, 5) is 11.3. The Kier molecular flexibility index (Phi) is 3.04. The van der Waals surface area contributed by atoms with E-state index >= 15 is 0 Å². The first-order valence-corrected chi connectivity index (χ1v) is 4.97. The fourth-order valence-electron chi connectivity index (χ4n) is 1.41. The van der Waals surface area contributed by atoms with Gasteiger partial charge in [-0.1, -0.05) is 6.92 Å². The van der Waals surface area contributed by atoms with Gasteiger partial charge in [-0.05, 0) is 27.2 Å². The minimum Gasteiger partial charge on any atom is -0.444 e. The van der Waals surface area contributed by atoms with Gasteiger partial charge < -0.3 is 15.2 Å². The number of nitrogens with one attached hydrogen (secondary N) is 1. The highest BCUT2D eigenvalue weighted by Crippen LogP contribution is 2.27. The molecule has 4 nitrogen and oxygen atoms in total. The highest BCUT2D eigenvalue weighted by molar-refractivity contribution is 5.68. The number of carbonyl (C=O) groups excluding carboxylic acids is 1. The van der Waals surface area contributed by atoms with Crippen LogP contribution in [0.4, 0.5) is 4.79 Å². The second-order valence-electron chi connectivity index (χ2n) is 4.91. The van der Waals surface area contributed by atoms with Gasteiger partial charge in [0.2, 0.25) is 0 Å². The van der Waals surface area contributed by atoms with Gasteiger partial charge >= 0.3 is 6.09 Å². The van der Waals surface area contributed by atoms with E-state index < -0.39 is 11.7 Å². The minimum atomic E-state index is -0.463. The topological polar surface area (TPSA) is 58.6 Å². The average Bonchev–Trinajstić information content (AvgIpc) is 2.00. The van der Waals surface area contributed by atoms with Gasteiger partial charge in [-0.15, -0.1) is 0 Å². The Balaban J connectivity index is 2.29. The summed E-state index contributed by atoms with van der Waals surface area (Å²) in [6.07, 6.45) is -0.0587. The van der Waals surface area contributed by atoms with Crippen molar-refractivity contribution in [2.75, 3.05) is 0 Å². The quantitative estimate of drug-likeness (QED) is 0.672. The third-order valence-electron chi connectivity index (χ3n) is 2.44. The molecule has 1 saturated carbocycles. The third-order valence-corrected chi connectivity index (χ3v) is 2.44. The molecule has 3 atom stereocenters. The molecule has 14 heavy (non-hydrogen) atoms. The van der Waals surface area contributed by atoms with Crippen LogP contribution < -0.4 is 5.32 Å². The fourth-order valence-corrected chi connectivity index (χ4v) is 1.41. The van der Waals surface area contributed by atoms with E-state index in [1.165, 1.54) is 0 Å². The van der Waals surface area contributed by atoms with Crippen molar-refractivity contribution in [3.8, 4) is 0 Å². The molecule has 1 amide bonds. The Hall–Kier alpha value is -0.770. The normalized spacial score (nSPS) is 31.9. The molecule has 0 radical (unpaired) electrons. The lowest BCUT2D eigenvalue weighted by Gasteiger charge is -2.39. The first kappa shape index (κ1) is 11.3. The molecule has 82 valence electrons. The molecule has 1 fully saturated rings. The van der Waals surface area contributed by atoms with Crippen molar-refractivity contribution in [3.63, 3.8) is 0 Å². The van der Waals surface area contributed by atoms with Crippen LogP contribution in [0.2, 0.25) is 0 Å². The maximum atomic E-state index is 11.3. The van der Waals surface area contributed by atoms with Crippen LogP contribution in [0, 0.1) is 5.92 Å². The monoisotopic (exact) mass is 201 g/mol. The summed E-state index contributed by atoms with van der Waals surface area (Å²) in [5, 5.41) is 12.0. The SMILES string of the molecule is CC1C(O)CC1NC(=O)OC(C)(C)C. The number of hydrogen-bond acceptors (Lipinski definition) is 3. The van der Waals surface area contributed by atoms with E-state index in [-0.39, 0.29) is 18.1 Å². The summed E-state index contributed by atoms with van der Waals surface area (Å²) in [7, 11) is 0. The van der Waals surface area contributed by atoms with Gasteiger partial charge in [-0.2, -0.15) is 0 Å². The summed E-state index contributed by atoms with van der Waals surface area (Å²) >= 11 is 0. The van der Waals surface area contributed by atoms with Crippen LogP contribution in [0.5, 0.6) is 0 Å². The number of rotatable bonds is 1. The predicted octanol–water partition coefficient (Wildman–Crippen LogP) is 1.28. The van der Waals surface area contributed by atoms with Crippen molar-refractivity contribution in [2.45, 2.75) is 51.9 Å². The highest BCUT2D eigenvalue weighted by atomic mass is 16.6. The second kappa shape index (κ2) is 3.77. The molecule has 0 aliphatic heterocycles. The number of ether oxygens (including phenoxy) is 1. The Morgan fingerprint density at radius 1 is 1.50 bits per heavy atom. The van der Waals surface area contributed by atoms with E-state index in [0.29, 0.717) is 6.42 Å². The molecular weight excluding hydrogens is 182 g/mol. The zero-order valence-electron chi connectivity index (χ0n) is 9.20. The van der Waals surface area contributed by atoms with Gasteiger partial charge in [-0.3, -0.25) is 0 Å². The van der Waals surface area contributed by atoms with Crippen molar-refractivity contribution in [1.29, 1.82) is 0 Å². The summed E-state index contributed by atoms with van der Waals surface area (Å²) in [5.74, 6) is 0.127. The summed E-state index contributed by atoms with van der Waals surface area (Å²) < 4.78 is 5.10. The van der Waals surface area contributed by atoms with E-state index in [1.807, 2.05) is 27.7 Å². The first-order valence-electron chi connectivity index (χ1n) is 4.97. The maximum absolute atomic E-state index is 11.3. The van der Waals surface area contributed by atoms with Crippen molar-refractivity contribution < 1.29 is 14.6 Å². The number of aliphatic hydroxyl groups excluding tert-OH is 1. The van der Waals surface area contributed by atoms with Crippen LogP contribution in [0.1, 0.15) is 34.1 Å². The number of amides is 1. The smallest absolute Gasteiger partial charge is 0.407 e. The van der Waals surface area contributed by atoms with E-state index in [4.69, 9.17) is 4.74 Å². The lowest BCUT2D eigenvalue weighted by Crippen LogP contribution is -2.54. The third kappa shape index (κ3) is 2.87. The number of aliphatic hydroxyl groups is 1. The zero-order chi connectivity index (χ0) is 10.9. The molecule has 0 spiro atoms. The zero-order valence-corrected chi connectivity index (χ0v) is 9.20. The maximum Gasteiger partial charge on any atom is 0.407 e. The van der Waals surface area contributed by atoms with Crippen LogP contribution in [0.25, 0.3) is 0 Å². The fraction of sp³-hybridized carbons (Fsp3) is 0.900. The molecule has 0 aromatic carbocycles. The van der Waals surface area contributed by atoms with E-state index in [0.717, 1.165) is 0 Å².